The van der Waals surface area contributed by atoms with E-state index in [0.717, 1.165) is 0 Å². The molecule has 0 radical (unpaired) electrons. The minimum absolute atomic E-state index is 0.609. The highest BCUT2D eigenvalue weighted by atomic mass is 127. The molecule has 0 spiro atoms. The van der Waals surface area contributed by atoms with Crippen molar-refractivity contribution in [2.45, 2.75) is 0 Å². The van der Waals surface area contributed by atoms with Crippen LogP contribution in [-0.4, -0.2) is 0 Å². The molecule has 0 saturated carbocycles. The Labute approximate surface area is 44.0 Å². The van der Waals surface area contributed by atoms with E-state index in [1.807, 2.05) is 22.6 Å². The van der Waals surface area contributed by atoms with Crippen LogP contribution in [0.15, 0.2) is 9.62 Å². The Hall–Kier alpha value is 0.760. The molecular formula is C2H2ClI. The summed E-state index contributed by atoms with van der Waals surface area (Å²) in [5, 5.41) is 0. The van der Waals surface area contributed by atoms with Gasteiger partial charge in [-0.15, -0.1) is 0 Å². The standard InChI is InChI=1S/C2H2ClI/c1-2(3)4/h1H2. The molecule has 0 bridgehead atoms. The topological polar surface area (TPSA) is 0 Å². The van der Waals surface area contributed by atoms with Crippen molar-refractivity contribution in [2.75, 3.05) is 0 Å². The molecular weight excluding hydrogens is 186 g/mol. The molecule has 0 aromatic heterocycles. The predicted molar refractivity (Wildman–Crippen MR) is 29.0 cm³/mol. The van der Waals surface area contributed by atoms with Gasteiger partial charge in [-0.1, -0.05) is 18.2 Å². The minimum atomic E-state index is 0.609. The maximum Gasteiger partial charge on any atom is 0.0717 e. The Balaban J connectivity index is 2.80. The van der Waals surface area contributed by atoms with Crippen molar-refractivity contribution in [1.29, 1.82) is 0 Å². The highest BCUT2D eigenvalue weighted by molar-refractivity contribution is 14.1. The van der Waals surface area contributed by atoms with Crippen LogP contribution >= 0.6 is 34.2 Å². The predicted octanol–water partition coefficient (Wildman–Crippen LogP) is 2.13. The van der Waals surface area contributed by atoms with Crippen LogP contribution in [0.3, 0.4) is 0 Å². The fourth-order valence-corrected chi connectivity index (χ4v) is 0. The molecule has 0 nitrogen and oxygen atoms in total. The van der Waals surface area contributed by atoms with Gasteiger partial charge in [-0.25, -0.2) is 0 Å². The lowest BCUT2D eigenvalue weighted by Crippen LogP contribution is -1.21. The van der Waals surface area contributed by atoms with Crippen LogP contribution in [0.5, 0.6) is 0 Å². The van der Waals surface area contributed by atoms with Gasteiger partial charge in [0, 0.05) is 0 Å². The highest BCUT2D eigenvalue weighted by Gasteiger charge is 1.59. The van der Waals surface area contributed by atoms with Crippen molar-refractivity contribution in [3.05, 3.63) is 9.62 Å². The van der Waals surface area contributed by atoms with Gasteiger partial charge in [0.05, 0.1) is 3.04 Å². The fraction of sp³-hybridized carbons (Fsp3) is 0. The summed E-state index contributed by atoms with van der Waals surface area (Å²) in [6.07, 6.45) is 0. The smallest absolute Gasteiger partial charge is 0.0717 e. The molecule has 0 rings (SSSR count). The molecule has 0 saturated heterocycles. The summed E-state index contributed by atoms with van der Waals surface area (Å²) in [5.41, 5.74) is 0. The minimum Gasteiger partial charge on any atom is -0.0778 e. The van der Waals surface area contributed by atoms with Gasteiger partial charge < -0.3 is 0 Å². The van der Waals surface area contributed by atoms with Crippen LogP contribution in [0.4, 0.5) is 0 Å². The van der Waals surface area contributed by atoms with E-state index >= 15 is 0 Å². The monoisotopic (exact) mass is 188 g/mol. The molecule has 0 aromatic rings. The van der Waals surface area contributed by atoms with Crippen LogP contribution in [0.1, 0.15) is 0 Å². The summed E-state index contributed by atoms with van der Waals surface area (Å²) in [5.74, 6) is 0. The molecule has 0 atom stereocenters. The van der Waals surface area contributed by atoms with E-state index in [1.54, 1.807) is 0 Å². The Morgan fingerprint density at radius 1 is 2.00 bits per heavy atom. The van der Waals surface area contributed by atoms with Gasteiger partial charge >= 0.3 is 0 Å². The van der Waals surface area contributed by atoms with Crippen LogP contribution in [-0.2, 0) is 0 Å². The number of rotatable bonds is 0. The van der Waals surface area contributed by atoms with Gasteiger partial charge in [0.25, 0.3) is 0 Å². The van der Waals surface area contributed by atoms with Crippen molar-refractivity contribution < 1.29 is 0 Å². The zero-order valence-corrected chi connectivity index (χ0v) is 4.88. The molecule has 0 fully saturated rings. The summed E-state index contributed by atoms with van der Waals surface area (Å²) in [4.78, 5) is 0. The summed E-state index contributed by atoms with van der Waals surface area (Å²) >= 11 is 6.98. The van der Waals surface area contributed by atoms with E-state index in [2.05, 4.69) is 6.58 Å². The first-order valence-corrected chi connectivity index (χ1v) is 2.19. The molecule has 0 aliphatic heterocycles. The van der Waals surface area contributed by atoms with Gasteiger partial charge in [-0.2, -0.15) is 0 Å². The quantitative estimate of drug-likeness (QED) is 0.511. The largest absolute Gasteiger partial charge is 0.0778 e. The lowest BCUT2D eigenvalue weighted by atomic mass is 11.3. The van der Waals surface area contributed by atoms with Gasteiger partial charge in [0.1, 0.15) is 0 Å². The molecule has 0 aromatic carbocycles. The van der Waals surface area contributed by atoms with Gasteiger partial charge in [0.15, 0.2) is 0 Å². The van der Waals surface area contributed by atoms with Crippen molar-refractivity contribution in [3.8, 4) is 0 Å². The van der Waals surface area contributed by atoms with Gasteiger partial charge in [-0.05, 0) is 22.6 Å². The lowest BCUT2D eigenvalue weighted by Gasteiger charge is -1.58. The zero-order valence-electron chi connectivity index (χ0n) is 1.96. The first kappa shape index (κ1) is 4.76. The zero-order chi connectivity index (χ0) is 3.58. The van der Waals surface area contributed by atoms with E-state index in [1.165, 1.54) is 0 Å². The van der Waals surface area contributed by atoms with E-state index in [9.17, 15) is 0 Å². The normalized spacial score (nSPS) is 6.50. The van der Waals surface area contributed by atoms with Crippen molar-refractivity contribution >= 4 is 34.2 Å². The molecule has 0 heterocycles. The van der Waals surface area contributed by atoms with Crippen LogP contribution < -0.4 is 0 Å². The summed E-state index contributed by atoms with van der Waals surface area (Å²) in [6.45, 7) is 3.31. The SMILES string of the molecule is C=C(Cl)I. The second-order valence-corrected chi connectivity index (χ2v) is 2.73. The number of hydrogen-bond donors (Lipinski definition) is 0. The Kier molecular flexibility index (Phi) is 2.41. The number of hydrogen-bond acceptors (Lipinski definition) is 0. The lowest BCUT2D eigenvalue weighted by molar-refractivity contribution is 2.58. The third kappa shape index (κ3) is 14.8. The summed E-state index contributed by atoms with van der Waals surface area (Å²) in [7, 11) is 0. The summed E-state index contributed by atoms with van der Waals surface area (Å²) < 4.78 is 0.609. The third-order valence-corrected chi connectivity index (χ3v) is 0. The third-order valence-electron chi connectivity index (χ3n) is 0. The Morgan fingerprint density at radius 2 is 2.00 bits per heavy atom. The fourth-order valence-electron chi connectivity index (χ4n) is 0. The molecule has 0 amide bonds. The van der Waals surface area contributed by atoms with E-state index in [-0.39, 0.29) is 0 Å². The van der Waals surface area contributed by atoms with Crippen LogP contribution in [0, 0.1) is 0 Å². The molecule has 0 aliphatic carbocycles. The van der Waals surface area contributed by atoms with E-state index < -0.39 is 0 Å². The number of halogens is 2. The molecule has 0 unspecified atom stereocenters. The van der Waals surface area contributed by atoms with Crippen LogP contribution in [0.25, 0.3) is 0 Å². The maximum atomic E-state index is 5.07. The van der Waals surface area contributed by atoms with E-state index in [0.29, 0.717) is 3.04 Å². The second-order valence-electron chi connectivity index (χ2n) is 0.339. The maximum absolute atomic E-state index is 5.07. The molecule has 24 valence electrons. The first-order valence-electron chi connectivity index (χ1n) is 0.732. The van der Waals surface area contributed by atoms with Crippen molar-refractivity contribution in [2.24, 2.45) is 0 Å². The summed E-state index contributed by atoms with van der Waals surface area (Å²) in [6, 6.07) is 0. The van der Waals surface area contributed by atoms with Gasteiger partial charge in [-0.3, -0.25) is 0 Å². The first-order chi connectivity index (χ1) is 1.73. The highest BCUT2D eigenvalue weighted by Crippen LogP contribution is 2.04. The van der Waals surface area contributed by atoms with Crippen LogP contribution in [0.2, 0.25) is 0 Å². The average Bonchev–Trinajstić information content (AvgIpc) is 0.811. The molecule has 4 heavy (non-hydrogen) atoms. The van der Waals surface area contributed by atoms with Crippen molar-refractivity contribution in [1.82, 2.24) is 0 Å². The van der Waals surface area contributed by atoms with Gasteiger partial charge in [0.2, 0.25) is 0 Å². The van der Waals surface area contributed by atoms with Crippen molar-refractivity contribution in [3.63, 3.8) is 0 Å². The average molecular weight is 188 g/mol. The Bertz CT molecular complexity index is 29.0. The second kappa shape index (κ2) is 2.03. The molecule has 0 N–H and O–H groups in total. The Morgan fingerprint density at radius 3 is 2.00 bits per heavy atom. The molecule has 0 aliphatic rings. The molecule has 2 heteroatoms. The van der Waals surface area contributed by atoms with E-state index in [4.69, 9.17) is 11.6 Å².